The second kappa shape index (κ2) is 4.29. The minimum Gasteiger partial charge on any atom is -0.481 e. The molecule has 0 amide bonds. The maximum absolute atomic E-state index is 11.4. The predicted octanol–water partition coefficient (Wildman–Crippen LogP) is 2.45. The van der Waals surface area contributed by atoms with Gasteiger partial charge in [0.15, 0.2) is 0 Å². The molecule has 94 valence electrons. The molecule has 0 aliphatic rings. The van der Waals surface area contributed by atoms with Gasteiger partial charge in [-0.15, -0.1) is 0 Å². The van der Waals surface area contributed by atoms with Crippen LogP contribution in [0.2, 0.25) is 0 Å². The molecular weight excluding hydrogens is 228 g/mol. The zero-order valence-electron chi connectivity index (χ0n) is 10.7. The number of hydrogen-bond donors (Lipinski definition) is 1. The third kappa shape index (κ3) is 1.90. The summed E-state index contributed by atoms with van der Waals surface area (Å²) < 4.78 is 1.89. The lowest BCUT2D eigenvalue weighted by Gasteiger charge is -2.23. The molecule has 0 aliphatic heterocycles. The summed E-state index contributed by atoms with van der Waals surface area (Å²) >= 11 is 0. The van der Waals surface area contributed by atoms with E-state index in [0.29, 0.717) is 0 Å². The molecule has 1 aromatic carbocycles. The number of carbonyl (C=O) groups is 1. The first kappa shape index (κ1) is 12.4. The van der Waals surface area contributed by atoms with Gasteiger partial charge >= 0.3 is 5.97 Å². The van der Waals surface area contributed by atoms with Crippen molar-refractivity contribution in [3.8, 4) is 11.3 Å². The van der Waals surface area contributed by atoms with Crippen molar-refractivity contribution in [3.63, 3.8) is 0 Å². The van der Waals surface area contributed by atoms with Crippen molar-refractivity contribution in [3.05, 3.63) is 42.4 Å². The van der Waals surface area contributed by atoms with E-state index < -0.39 is 11.4 Å². The van der Waals surface area contributed by atoms with E-state index in [1.54, 1.807) is 26.4 Å². The molecule has 0 saturated heterocycles. The van der Waals surface area contributed by atoms with Crippen molar-refractivity contribution < 1.29 is 9.90 Å². The summed E-state index contributed by atoms with van der Waals surface area (Å²) in [7, 11) is 1.90. The van der Waals surface area contributed by atoms with Crippen molar-refractivity contribution >= 4 is 5.97 Å². The predicted molar refractivity (Wildman–Crippen MR) is 69.3 cm³/mol. The van der Waals surface area contributed by atoms with Crippen LogP contribution >= 0.6 is 0 Å². The number of carboxylic acids is 1. The topological polar surface area (TPSA) is 55.1 Å². The highest BCUT2D eigenvalue weighted by Crippen LogP contribution is 2.32. The SMILES string of the molecule is Cn1cncc1-c1ccccc1C(C)(C)C(=O)O. The molecule has 2 rings (SSSR count). The van der Waals surface area contributed by atoms with Crippen molar-refractivity contribution in [2.24, 2.45) is 7.05 Å². The molecule has 1 heterocycles. The summed E-state index contributed by atoms with van der Waals surface area (Å²) in [6.07, 6.45) is 3.46. The van der Waals surface area contributed by atoms with Gasteiger partial charge in [0.25, 0.3) is 0 Å². The maximum Gasteiger partial charge on any atom is 0.313 e. The lowest BCUT2D eigenvalue weighted by Crippen LogP contribution is -2.29. The molecule has 0 fully saturated rings. The van der Waals surface area contributed by atoms with Crippen LogP contribution < -0.4 is 0 Å². The summed E-state index contributed by atoms with van der Waals surface area (Å²) in [5.74, 6) is -0.836. The molecule has 0 bridgehead atoms. The van der Waals surface area contributed by atoms with E-state index in [9.17, 15) is 9.90 Å². The average molecular weight is 244 g/mol. The molecule has 1 N–H and O–H groups in total. The number of imidazole rings is 1. The first-order chi connectivity index (χ1) is 8.44. The van der Waals surface area contributed by atoms with Crippen LogP contribution in [0.5, 0.6) is 0 Å². The molecule has 18 heavy (non-hydrogen) atoms. The monoisotopic (exact) mass is 244 g/mol. The van der Waals surface area contributed by atoms with Gasteiger partial charge < -0.3 is 9.67 Å². The Kier molecular flexibility index (Phi) is 2.95. The number of rotatable bonds is 3. The van der Waals surface area contributed by atoms with Gasteiger partial charge in [-0.3, -0.25) is 4.79 Å². The molecule has 2 aromatic rings. The molecular formula is C14H16N2O2. The van der Waals surface area contributed by atoms with Gasteiger partial charge in [-0.05, 0) is 19.4 Å². The highest BCUT2D eigenvalue weighted by Gasteiger charge is 2.32. The highest BCUT2D eigenvalue weighted by atomic mass is 16.4. The fourth-order valence-corrected chi connectivity index (χ4v) is 1.98. The Labute approximate surface area is 106 Å². The van der Waals surface area contributed by atoms with Crippen LogP contribution in [-0.4, -0.2) is 20.6 Å². The number of aliphatic carboxylic acids is 1. The highest BCUT2D eigenvalue weighted by molar-refractivity contribution is 5.84. The molecule has 4 heteroatoms. The van der Waals surface area contributed by atoms with Gasteiger partial charge in [-0.1, -0.05) is 24.3 Å². The normalized spacial score (nSPS) is 11.5. The average Bonchev–Trinajstić information content (AvgIpc) is 2.75. The zero-order valence-corrected chi connectivity index (χ0v) is 10.7. The summed E-state index contributed by atoms with van der Waals surface area (Å²) in [6.45, 7) is 3.43. The number of aromatic nitrogens is 2. The minimum atomic E-state index is -0.930. The first-order valence-corrected chi connectivity index (χ1v) is 5.74. The number of carboxylic acid groups (broad SMARTS) is 1. The van der Waals surface area contributed by atoms with Crippen molar-refractivity contribution in [1.82, 2.24) is 9.55 Å². The molecule has 0 aliphatic carbocycles. The summed E-state index contributed by atoms with van der Waals surface area (Å²) in [5.41, 5.74) is 1.69. The lowest BCUT2D eigenvalue weighted by atomic mass is 9.81. The Morgan fingerprint density at radius 2 is 2.00 bits per heavy atom. The number of benzene rings is 1. The maximum atomic E-state index is 11.4. The van der Waals surface area contributed by atoms with E-state index in [1.807, 2.05) is 35.9 Å². The first-order valence-electron chi connectivity index (χ1n) is 5.74. The Morgan fingerprint density at radius 1 is 1.33 bits per heavy atom. The second-order valence-corrected chi connectivity index (χ2v) is 4.87. The Morgan fingerprint density at radius 3 is 2.56 bits per heavy atom. The van der Waals surface area contributed by atoms with Gasteiger partial charge in [-0.25, -0.2) is 4.98 Å². The van der Waals surface area contributed by atoms with E-state index in [-0.39, 0.29) is 0 Å². The molecule has 0 atom stereocenters. The third-order valence-corrected chi connectivity index (χ3v) is 3.23. The Hall–Kier alpha value is -2.10. The van der Waals surface area contributed by atoms with Crippen LogP contribution in [0.1, 0.15) is 19.4 Å². The quantitative estimate of drug-likeness (QED) is 0.902. The Bertz CT molecular complexity index is 585. The van der Waals surface area contributed by atoms with Crippen LogP contribution in [0.4, 0.5) is 0 Å². The number of aryl methyl sites for hydroxylation is 1. The molecule has 0 saturated carbocycles. The molecule has 0 unspecified atom stereocenters. The van der Waals surface area contributed by atoms with Crippen molar-refractivity contribution in [2.45, 2.75) is 19.3 Å². The van der Waals surface area contributed by atoms with Crippen LogP contribution in [0.3, 0.4) is 0 Å². The van der Waals surface area contributed by atoms with E-state index in [1.165, 1.54) is 0 Å². The minimum absolute atomic E-state index is 0.793. The fourth-order valence-electron chi connectivity index (χ4n) is 1.98. The number of nitrogens with zero attached hydrogens (tertiary/aromatic N) is 2. The third-order valence-electron chi connectivity index (χ3n) is 3.23. The van der Waals surface area contributed by atoms with Crippen molar-refractivity contribution in [1.29, 1.82) is 0 Å². The van der Waals surface area contributed by atoms with E-state index in [2.05, 4.69) is 4.98 Å². The van der Waals surface area contributed by atoms with E-state index in [0.717, 1.165) is 16.8 Å². The van der Waals surface area contributed by atoms with Gasteiger partial charge in [0.1, 0.15) is 0 Å². The lowest BCUT2D eigenvalue weighted by molar-refractivity contribution is -0.142. The van der Waals surface area contributed by atoms with Gasteiger partial charge in [0, 0.05) is 12.6 Å². The standard InChI is InChI=1S/C14H16N2O2/c1-14(2,13(17)18)11-7-5-4-6-10(11)12-8-15-9-16(12)3/h4-9H,1-3H3,(H,17,18). The van der Waals surface area contributed by atoms with Crippen LogP contribution in [-0.2, 0) is 17.3 Å². The largest absolute Gasteiger partial charge is 0.481 e. The fraction of sp³-hybridized carbons (Fsp3) is 0.286. The zero-order chi connectivity index (χ0) is 13.3. The summed E-state index contributed by atoms with van der Waals surface area (Å²) in [6, 6.07) is 7.55. The molecule has 4 nitrogen and oxygen atoms in total. The van der Waals surface area contributed by atoms with Gasteiger partial charge in [0.05, 0.1) is 23.6 Å². The van der Waals surface area contributed by atoms with Crippen molar-refractivity contribution in [2.75, 3.05) is 0 Å². The van der Waals surface area contributed by atoms with Crippen LogP contribution in [0.15, 0.2) is 36.8 Å². The summed E-state index contributed by atoms with van der Waals surface area (Å²) in [5, 5.41) is 9.36. The van der Waals surface area contributed by atoms with Crippen LogP contribution in [0, 0.1) is 0 Å². The second-order valence-electron chi connectivity index (χ2n) is 4.87. The van der Waals surface area contributed by atoms with Gasteiger partial charge in [-0.2, -0.15) is 0 Å². The molecule has 1 aromatic heterocycles. The van der Waals surface area contributed by atoms with Gasteiger partial charge in [0.2, 0.25) is 0 Å². The Balaban J connectivity index is 2.65. The van der Waals surface area contributed by atoms with Crippen LogP contribution in [0.25, 0.3) is 11.3 Å². The molecule has 0 radical (unpaired) electrons. The molecule has 0 spiro atoms. The van der Waals surface area contributed by atoms with E-state index in [4.69, 9.17) is 0 Å². The number of hydrogen-bond acceptors (Lipinski definition) is 2. The van der Waals surface area contributed by atoms with E-state index >= 15 is 0 Å². The summed E-state index contributed by atoms with van der Waals surface area (Å²) in [4.78, 5) is 15.5. The smallest absolute Gasteiger partial charge is 0.313 e.